The summed E-state index contributed by atoms with van der Waals surface area (Å²) in [4.78, 5) is 40.4. The third-order valence-electron chi connectivity index (χ3n) is 4.19. The maximum absolute atomic E-state index is 12.7. The molecule has 0 saturated heterocycles. The van der Waals surface area contributed by atoms with E-state index in [9.17, 15) is 14.4 Å². The molecule has 2 heterocycles. The predicted molar refractivity (Wildman–Crippen MR) is 110 cm³/mol. The summed E-state index contributed by atoms with van der Waals surface area (Å²) in [5.41, 5.74) is 1.39. The van der Waals surface area contributed by atoms with Crippen molar-refractivity contribution >= 4 is 34.3 Å². The number of hydrogen-bond acceptors (Lipinski definition) is 8. The van der Waals surface area contributed by atoms with Gasteiger partial charge in [-0.3, -0.25) is 9.59 Å². The molecular weight excluding hydrogens is 406 g/mol. The summed E-state index contributed by atoms with van der Waals surface area (Å²) in [6.45, 7) is 1.31. The molecule has 0 atom stereocenters. The number of benzene rings is 2. The van der Waals surface area contributed by atoms with Crippen molar-refractivity contribution in [2.75, 3.05) is 7.11 Å². The Balaban J connectivity index is 1.72. The van der Waals surface area contributed by atoms with Crippen LogP contribution >= 0.6 is 11.3 Å². The molecule has 0 spiro atoms. The Kier molecular flexibility index (Phi) is 5.11. The van der Waals surface area contributed by atoms with E-state index in [1.807, 2.05) is 0 Å². The summed E-state index contributed by atoms with van der Waals surface area (Å²) in [6.07, 6.45) is 1.71. The van der Waals surface area contributed by atoms with Gasteiger partial charge >= 0.3 is 11.9 Å². The lowest BCUT2D eigenvalue weighted by atomic mass is 10.1. The average Bonchev–Trinajstić information content (AvgIpc) is 3.27. The molecule has 0 saturated carbocycles. The number of aromatic nitrogens is 3. The first kappa shape index (κ1) is 19.5. The molecule has 4 rings (SSSR count). The Morgan fingerprint density at radius 3 is 2.50 bits per heavy atom. The molecule has 0 fully saturated rings. The van der Waals surface area contributed by atoms with Gasteiger partial charge in [-0.1, -0.05) is 35.6 Å². The number of thiazole rings is 1. The Morgan fingerprint density at radius 2 is 1.83 bits per heavy atom. The lowest BCUT2D eigenvalue weighted by Crippen LogP contribution is -2.23. The molecule has 0 amide bonds. The summed E-state index contributed by atoms with van der Waals surface area (Å²) < 4.78 is 11.5. The largest absolute Gasteiger partial charge is 0.465 e. The lowest BCUT2D eigenvalue weighted by Gasteiger charge is -2.04. The highest BCUT2D eigenvalue weighted by atomic mass is 32.1. The average molecular weight is 421 g/mol. The fraction of sp³-hybridized carbons (Fsp3) is 0.0952. The van der Waals surface area contributed by atoms with Crippen LogP contribution in [0.5, 0.6) is 5.75 Å². The molecule has 9 heteroatoms. The Labute approximate surface area is 174 Å². The van der Waals surface area contributed by atoms with E-state index in [0.717, 1.165) is 5.56 Å². The van der Waals surface area contributed by atoms with Crippen molar-refractivity contribution in [3.63, 3.8) is 0 Å². The minimum absolute atomic E-state index is 0.296. The van der Waals surface area contributed by atoms with Crippen LogP contribution in [-0.4, -0.2) is 33.6 Å². The van der Waals surface area contributed by atoms with Crippen molar-refractivity contribution in [3.8, 4) is 17.1 Å². The number of methoxy groups -OCH3 is 1. The Hall–Kier alpha value is -3.85. The van der Waals surface area contributed by atoms with Gasteiger partial charge in [0.25, 0.3) is 5.56 Å². The molecule has 8 nitrogen and oxygen atoms in total. The number of nitrogens with zero attached hydrogens (tertiary/aromatic N) is 3. The number of rotatable bonds is 4. The van der Waals surface area contributed by atoms with Gasteiger partial charge in [-0.2, -0.15) is 9.50 Å². The lowest BCUT2D eigenvalue weighted by molar-refractivity contribution is -0.131. The van der Waals surface area contributed by atoms with E-state index < -0.39 is 11.9 Å². The topological polar surface area (TPSA) is 99.9 Å². The molecular formula is C21H15N3O5S. The van der Waals surface area contributed by atoms with Gasteiger partial charge in [-0.05, 0) is 35.9 Å². The minimum Gasteiger partial charge on any atom is -0.465 e. The fourth-order valence-corrected chi connectivity index (χ4v) is 3.74. The molecule has 0 aliphatic carbocycles. The second kappa shape index (κ2) is 7.88. The van der Waals surface area contributed by atoms with Gasteiger partial charge in [-0.15, -0.1) is 5.10 Å². The highest BCUT2D eigenvalue weighted by Gasteiger charge is 2.16. The van der Waals surface area contributed by atoms with Crippen LogP contribution in [-0.2, 0) is 9.53 Å². The molecule has 0 unspecified atom stereocenters. The normalized spacial score (nSPS) is 11.6. The molecule has 2 aromatic heterocycles. The third-order valence-corrected chi connectivity index (χ3v) is 5.15. The number of ether oxygens (including phenoxy) is 2. The zero-order valence-electron chi connectivity index (χ0n) is 16.0. The zero-order chi connectivity index (χ0) is 21.3. The van der Waals surface area contributed by atoms with E-state index in [2.05, 4.69) is 14.8 Å². The minimum atomic E-state index is -0.455. The van der Waals surface area contributed by atoms with Crippen LogP contribution in [0, 0.1) is 0 Å². The monoisotopic (exact) mass is 421 g/mol. The first-order valence-corrected chi connectivity index (χ1v) is 9.65. The van der Waals surface area contributed by atoms with Crippen LogP contribution < -0.4 is 14.8 Å². The fourth-order valence-electron chi connectivity index (χ4n) is 2.83. The van der Waals surface area contributed by atoms with Gasteiger partial charge < -0.3 is 9.47 Å². The van der Waals surface area contributed by atoms with Crippen LogP contribution in [0.4, 0.5) is 0 Å². The molecule has 2 aromatic carbocycles. The highest BCUT2D eigenvalue weighted by Crippen LogP contribution is 2.27. The van der Waals surface area contributed by atoms with Gasteiger partial charge in [0.15, 0.2) is 5.82 Å². The molecule has 0 bridgehead atoms. The van der Waals surface area contributed by atoms with Crippen LogP contribution in [0.15, 0.2) is 53.3 Å². The maximum Gasteiger partial charge on any atom is 0.337 e. The van der Waals surface area contributed by atoms with Crippen molar-refractivity contribution in [2.24, 2.45) is 0 Å². The highest BCUT2D eigenvalue weighted by molar-refractivity contribution is 7.15. The van der Waals surface area contributed by atoms with Gasteiger partial charge in [0.2, 0.25) is 4.96 Å². The van der Waals surface area contributed by atoms with Gasteiger partial charge in [0, 0.05) is 6.92 Å². The molecule has 30 heavy (non-hydrogen) atoms. The SMILES string of the molecule is COC(=O)c1ccc(C=c2sc3nc(-c4ccccc4OC(C)=O)nn3c2=O)cc1. The Morgan fingerprint density at radius 1 is 1.10 bits per heavy atom. The number of carbonyl (C=O) groups is 2. The zero-order valence-corrected chi connectivity index (χ0v) is 16.8. The smallest absolute Gasteiger partial charge is 0.337 e. The van der Waals surface area contributed by atoms with Crippen LogP contribution in [0.25, 0.3) is 22.4 Å². The molecule has 4 aromatic rings. The number of fused-ring (bicyclic) bond motifs is 1. The summed E-state index contributed by atoms with van der Waals surface area (Å²) in [6, 6.07) is 13.6. The molecule has 0 aliphatic heterocycles. The molecule has 150 valence electrons. The van der Waals surface area contributed by atoms with Crippen molar-refractivity contribution in [3.05, 3.63) is 74.5 Å². The van der Waals surface area contributed by atoms with Crippen molar-refractivity contribution in [1.29, 1.82) is 0 Å². The second-order valence-corrected chi connectivity index (χ2v) is 7.26. The van der Waals surface area contributed by atoms with Gasteiger partial charge in [-0.25, -0.2) is 4.79 Å². The van der Waals surface area contributed by atoms with Crippen molar-refractivity contribution < 1.29 is 19.1 Å². The summed E-state index contributed by atoms with van der Waals surface area (Å²) >= 11 is 1.19. The summed E-state index contributed by atoms with van der Waals surface area (Å²) in [5, 5.41) is 4.29. The summed E-state index contributed by atoms with van der Waals surface area (Å²) in [5.74, 6) is -0.258. The first-order chi connectivity index (χ1) is 14.5. The Bertz CT molecular complexity index is 1370. The van der Waals surface area contributed by atoms with Crippen LogP contribution in [0.3, 0.4) is 0 Å². The van der Waals surface area contributed by atoms with Gasteiger partial charge in [0.05, 0.1) is 22.8 Å². The van der Waals surface area contributed by atoms with Crippen LogP contribution in [0.2, 0.25) is 0 Å². The number of carbonyl (C=O) groups excluding carboxylic acids is 2. The van der Waals surface area contributed by atoms with E-state index >= 15 is 0 Å². The molecule has 0 radical (unpaired) electrons. The third kappa shape index (κ3) is 3.70. The number of para-hydroxylation sites is 1. The number of esters is 2. The van der Waals surface area contributed by atoms with E-state index in [0.29, 0.717) is 32.2 Å². The second-order valence-electron chi connectivity index (χ2n) is 6.25. The van der Waals surface area contributed by atoms with E-state index in [4.69, 9.17) is 4.74 Å². The van der Waals surface area contributed by atoms with Crippen LogP contribution in [0.1, 0.15) is 22.8 Å². The van der Waals surface area contributed by atoms with Crippen molar-refractivity contribution in [2.45, 2.75) is 6.92 Å². The summed E-state index contributed by atoms with van der Waals surface area (Å²) in [7, 11) is 1.32. The molecule has 0 aliphatic rings. The van der Waals surface area contributed by atoms with E-state index in [1.54, 1.807) is 54.6 Å². The number of hydrogen-bond donors (Lipinski definition) is 0. The first-order valence-electron chi connectivity index (χ1n) is 8.84. The van der Waals surface area contributed by atoms with E-state index in [-0.39, 0.29) is 5.56 Å². The van der Waals surface area contributed by atoms with Crippen molar-refractivity contribution in [1.82, 2.24) is 14.6 Å². The standard InChI is InChI=1S/C21H15N3O5S/c1-12(25)29-16-6-4-3-5-15(16)18-22-21-24(23-18)19(26)17(30-21)11-13-7-9-14(10-8-13)20(27)28-2/h3-11H,1-2H3. The van der Waals surface area contributed by atoms with Gasteiger partial charge in [0.1, 0.15) is 5.75 Å². The molecule has 0 N–H and O–H groups in total. The predicted octanol–water partition coefficient (Wildman–Crippen LogP) is 2.08. The quantitative estimate of drug-likeness (QED) is 0.367. The maximum atomic E-state index is 12.7. The van der Waals surface area contributed by atoms with E-state index in [1.165, 1.54) is 29.9 Å².